The van der Waals surface area contributed by atoms with Gasteiger partial charge in [-0.1, -0.05) is 6.07 Å². The second-order valence-electron chi connectivity index (χ2n) is 6.00. The van der Waals surface area contributed by atoms with Crippen LogP contribution in [0.15, 0.2) is 36.5 Å². The number of aromatic nitrogens is 1. The van der Waals surface area contributed by atoms with Gasteiger partial charge in [0.2, 0.25) is 0 Å². The topological polar surface area (TPSA) is 66.9 Å². The number of anilines is 1. The highest BCUT2D eigenvalue weighted by molar-refractivity contribution is 5.66. The molecule has 0 radical (unpaired) electrons. The predicted octanol–water partition coefficient (Wildman–Crippen LogP) is 1.99. The average molecular weight is 343 g/mol. The van der Waals surface area contributed by atoms with Crippen molar-refractivity contribution in [3.63, 3.8) is 0 Å². The molecule has 6 nitrogen and oxygen atoms in total. The zero-order valence-electron chi connectivity index (χ0n) is 14.6. The van der Waals surface area contributed by atoms with Gasteiger partial charge in [0, 0.05) is 43.5 Å². The van der Waals surface area contributed by atoms with Gasteiger partial charge < -0.3 is 19.9 Å². The molecular formula is C19H25N3O3. The quantitative estimate of drug-likeness (QED) is 0.801. The van der Waals surface area contributed by atoms with Crippen LogP contribution in [0.4, 0.5) is 5.82 Å². The Hall–Kier alpha value is -2.15. The Labute approximate surface area is 148 Å². The van der Waals surface area contributed by atoms with Crippen LogP contribution in [0.25, 0.3) is 11.1 Å². The molecule has 0 saturated carbocycles. The van der Waals surface area contributed by atoms with Gasteiger partial charge in [0.25, 0.3) is 0 Å². The largest absolute Gasteiger partial charge is 0.496 e. The lowest BCUT2D eigenvalue weighted by Gasteiger charge is -2.26. The number of ether oxygens (including phenoxy) is 2. The van der Waals surface area contributed by atoms with E-state index in [1.165, 1.54) is 0 Å². The van der Waals surface area contributed by atoms with Gasteiger partial charge in [0.1, 0.15) is 11.6 Å². The summed E-state index contributed by atoms with van der Waals surface area (Å²) in [5, 5.41) is 12.8. The molecule has 0 amide bonds. The Morgan fingerprint density at radius 2 is 2.00 bits per heavy atom. The number of morpholine rings is 1. The summed E-state index contributed by atoms with van der Waals surface area (Å²) in [5.74, 6) is 1.56. The summed E-state index contributed by atoms with van der Waals surface area (Å²) in [5.41, 5.74) is 2.79. The molecule has 0 bridgehead atoms. The van der Waals surface area contributed by atoms with Gasteiger partial charge in [-0.3, -0.25) is 4.90 Å². The molecule has 1 aromatic carbocycles. The summed E-state index contributed by atoms with van der Waals surface area (Å²) in [6.45, 7) is 5.45. The standard InChI is InChI=1S/C19H25N3O3/c1-24-18-4-2-15(12-17(18)14-23)16-3-5-19(21-13-16)20-6-7-22-8-10-25-11-9-22/h2-5,12-13,23H,6-11,14H2,1H3,(H,20,21). The Balaban J connectivity index is 1.58. The van der Waals surface area contributed by atoms with E-state index in [0.717, 1.165) is 61.9 Å². The van der Waals surface area contributed by atoms with Crippen LogP contribution >= 0.6 is 0 Å². The van der Waals surface area contributed by atoms with Crippen LogP contribution in [0.5, 0.6) is 5.75 Å². The third-order valence-electron chi connectivity index (χ3n) is 4.39. The molecule has 0 aliphatic carbocycles. The van der Waals surface area contributed by atoms with Gasteiger partial charge in [0.05, 0.1) is 26.9 Å². The number of aliphatic hydroxyl groups excluding tert-OH is 1. The lowest BCUT2D eigenvalue weighted by atomic mass is 10.0. The molecule has 134 valence electrons. The Morgan fingerprint density at radius 3 is 2.68 bits per heavy atom. The number of methoxy groups -OCH3 is 1. The first kappa shape index (κ1) is 17.7. The predicted molar refractivity (Wildman–Crippen MR) is 97.9 cm³/mol. The van der Waals surface area contributed by atoms with Crippen LogP contribution < -0.4 is 10.1 Å². The van der Waals surface area contributed by atoms with E-state index in [9.17, 15) is 5.11 Å². The van der Waals surface area contributed by atoms with Gasteiger partial charge in [-0.15, -0.1) is 0 Å². The monoisotopic (exact) mass is 343 g/mol. The SMILES string of the molecule is COc1ccc(-c2ccc(NCCN3CCOCC3)nc2)cc1CO. The average Bonchev–Trinajstić information content (AvgIpc) is 2.69. The van der Waals surface area contributed by atoms with Crippen molar-refractivity contribution < 1.29 is 14.6 Å². The summed E-state index contributed by atoms with van der Waals surface area (Å²) in [6, 6.07) is 9.79. The number of nitrogens with one attached hydrogen (secondary N) is 1. The molecule has 1 aliphatic rings. The molecule has 0 spiro atoms. The fraction of sp³-hybridized carbons (Fsp3) is 0.421. The van der Waals surface area contributed by atoms with Crippen molar-refractivity contribution in [2.75, 3.05) is 51.8 Å². The molecule has 6 heteroatoms. The summed E-state index contributed by atoms with van der Waals surface area (Å²) in [4.78, 5) is 6.88. The zero-order valence-corrected chi connectivity index (χ0v) is 14.6. The van der Waals surface area contributed by atoms with E-state index >= 15 is 0 Å². The molecule has 1 aromatic heterocycles. The van der Waals surface area contributed by atoms with Gasteiger partial charge in [0.15, 0.2) is 0 Å². The van der Waals surface area contributed by atoms with E-state index < -0.39 is 0 Å². The Kier molecular flexibility index (Phi) is 6.22. The van der Waals surface area contributed by atoms with E-state index in [0.29, 0.717) is 5.75 Å². The maximum absolute atomic E-state index is 9.45. The summed E-state index contributed by atoms with van der Waals surface area (Å²) in [6.07, 6.45) is 1.85. The number of nitrogens with zero attached hydrogens (tertiary/aromatic N) is 2. The number of hydrogen-bond donors (Lipinski definition) is 2. The van der Waals surface area contributed by atoms with Crippen LogP contribution in [0.1, 0.15) is 5.56 Å². The first-order valence-electron chi connectivity index (χ1n) is 8.58. The van der Waals surface area contributed by atoms with E-state index in [1.807, 2.05) is 36.5 Å². The normalized spacial score (nSPS) is 15.1. The minimum absolute atomic E-state index is 0.0500. The summed E-state index contributed by atoms with van der Waals surface area (Å²) < 4.78 is 10.6. The van der Waals surface area contributed by atoms with Crippen molar-refractivity contribution in [2.24, 2.45) is 0 Å². The molecule has 1 saturated heterocycles. The Bertz CT molecular complexity index is 670. The van der Waals surface area contributed by atoms with Crippen molar-refractivity contribution in [1.82, 2.24) is 9.88 Å². The lowest BCUT2D eigenvalue weighted by molar-refractivity contribution is 0.0398. The highest BCUT2D eigenvalue weighted by Crippen LogP contribution is 2.26. The van der Waals surface area contributed by atoms with E-state index in [1.54, 1.807) is 7.11 Å². The third-order valence-corrected chi connectivity index (χ3v) is 4.39. The van der Waals surface area contributed by atoms with Crippen molar-refractivity contribution >= 4 is 5.82 Å². The van der Waals surface area contributed by atoms with Crippen LogP contribution in [-0.4, -0.2) is 61.5 Å². The second-order valence-corrected chi connectivity index (χ2v) is 6.00. The maximum atomic E-state index is 9.45. The molecule has 2 N–H and O–H groups in total. The summed E-state index contributed by atoms with van der Waals surface area (Å²) in [7, 11) is 1.60. The van der Waals surface area contributed by atoms with Crippen LogP contribution in [0.2, 0.25) is 0 Å². The smallest absolute Gasteiger partial charge is 0.125 e. The first-order valence-corrected chi connectivity index (χ1v) is 8.58. The number of rotatable bonds is 7. The van der Waals surface area contributed by atoms with Crippen LogP contribution in [-0.2, 0) is 11.3 Å². The molecule has 2 heterocycles. The van der Waals surface area contributed by atoms with Gasteiger partial charge >= 0.3 is 0 Å². The second kappa shape index (κ2) is 8.80. The molecule has 25 heavy (non-hydrogen) atoms. The van der Waals surface area contributed by atoms with E-state index in [4.69, 9.17) is 9.47 Å². The van der Waals surface area contributed by atoms with Crippen molar-refractivity contribution in [3.05, 3.63) is 42.1 Å². The first-order chi connectivity index (χ1) is 12.3. The molecular weight excluding hydrogens is 318 g/mol. The zero-order chi connectivity index (χ0) is 17.5. The fourth-order valence-corrected chi connectivity index (χ4v) is 2.92. The molecule has 3 rings (SSSR count). The third kappa shape index (κ3) is 4.69. The molecule has 0 unspecified atom stereocenters. The summed E-state index contributed by atoms with van der Waals surface area (Å²) >= 11 is 0. The minimum atomic E-state index is -0.0500. The molecule has 2 aromatic rings. The van der Waals surface area contributed by atoms with E-state index in [2.05, 4.69) is 15.2 Å². The molecule has 1 fully saturated rings. The maximum Gasteiger partial charge on any atom is 0.125 e. The van der Waals surface area contributed by atoms with Crippen LogP contribution in [0, 0.1) is 0 Å². The fourth-order valence-electron chi connectivity index (χ4n) is 2.92. The highest BCUT2D eigenvalue weighted by atomic mass is 16.5. The lowest BCUT2D eigenvalue weighted by Crippen LogP contribution is -2.39. The van der Waals surface area contributed by atoms with Crippen molar-refractivity contribution in [3.8, 4) is 16.9 Å². The van der Waals surface area contributed by atoms with Gasteiger partial charge in [-0.2, -0.15) is 0 Å². The van der Waals surface area contributed by atoms with Crippen LogP contribution in [0.3, 0.4) is 0 Å². The number of benzene rings is 1. The van der Waals surface area contributed by atoms with Crippen molar-refractivity contribution in [2.45, 2.75) is 6.61 Å². The number of pyridine rings is 1. The molecule has 1 aliphatic heterocycles. The van der Waals surface area contributed by atoms with E-state index in [-0.39, 0.29) is 6.61 Å². The van der Waals surface area contributed by atoms with Gasteiger partial charge in [-0.05, 0) is 29.8 Å². The Morgan fingerprint density at radius 1 is 1.20 bits per heavy atom. The highest BCUT2D eigenvalue weighted by Gasteiger charge is 2.09. The van der Waals surface area contributed by atoms with Gasteiger partial charge in [-0.25, -0.2) is 4.98 Å². The number of aliphatic hydroxyl groups is 1. The van der Waals surface area contributed by atoms with Crippen molar-refractivity contribution in [1.29, 1.82) is 0 Å². The number of hydrogen-bond acceptors (Lipinski definition) is 6. The minimum Gasteiger partial charge on any atom is -0.496 e. The molecule has 0 atom stereocenters.